The smallest absolute Gasteiger partial charge is 0.215 e. The molecule has 0 aromatic heterocycles. The summed E-state index contributed by atoms with van der Waals surface area (Å²) in [7, 11) is 12.0. The molecule has 1 heterocycles. The molecule has 1 fully saturated rings. The van der Waals surface area contributed by atoms with Gasteiger partial charge in [0.15, 0.2) is 0 Å². The van der Waals surface area contributed by atoms with Crippen molar-refractivity contribution < 1.29 is 33.8 Å². The van der Waals surface area contributed by atoms with Gasteiger partial charge in [0.25, 0.3) is 0 Å². The van der Waals surface area contributed by atoms with Crippen molar-refractivity contribution in [2.45, 2.75) is 58.2 Å². The van der Waals surface area contributed by atoms with Crippen molar-refractivity contribution in [1.82, 2.24) is 0 Å². The lowest BCUT2D eigenvalue weighted by atomic mass is 10.1. The zero-order valence-corrected chi connectivity index (χ0v) is 20.5. The Morgan fingerprint density at radius 3 is 2.29 bits per heavy atom. The van der Waals surface area contributed by atoms with Gasteiger partial charge in [-0.15, -0.1) is 0 Å². The fraction of sp³-hybridized carbons (Fsp3) is 0.727. The third-order valence-electron chi connectivity index (χ3n) is 6.45. The molecule has 1 aliphatic rings. The molecule has 4 nitrogen and oxygen atoms in total. The zero-order valence-electron chi connectivity index (χ0n) is 19.0. The van der Waals surface area contributed by atoms with Gasteiger partial charge in [0.1, 0.15) is 6.04 Å². The number of hydrogen-bond donors (Lipinski definition) is 1. The van der Waals surface area contributed by atoms with E-state index in [1.54, 1.807) is 0 Å². The van der Waals surface area contributed by atoms with E-state index in [0.717, 1.165) is 27.7 Å². The number of nitrogens with zero attached hydrogens (tertiary/aromatic N) is 3. The Kier molecular flexibility index (Phi) is 10.6. The highest BCUT2D eigenvalue weighted by atomic mass is 35.5. The predicted molar refractivity (Wildman–Crippen MR) is 114 cm³/mol. The highest BCUT2D eigenvalue weighted by Gasteiger charge is 2.46. The van der Waals surface area contributed by atoms with E-state index in [1.165, 1.54) is 43.4 Å². The summed E-state index contributed by atoms with van der Waals surface area (Å²) in [5.74, 6) is 0. The number of hydrogen-bond acceptors (Lipinski definition) is 2. The van der Waals surface area contributed by atoms with Gasteiger partial charge in [0.05, 0.1) is 48.2 Å². The first kappa shape index (κ1) is 27.3. The standard InChI is InChI=1S/C22H42N4.2ClH/c1-8-9-10-11-22(25(3,4)5)26(6,7)20-14-15-24(17-20)19-12-13-21(23)18(2)16-19;;/h12-13,16,20,22H,8-11,14-15,17,23H2,1-7H3;2*1H/q+2;;/p-2. The number of unbranched alkanes of at least 4 members (excludes halogenated alkanes) is 2. The molecule has 0 spiro atoms. The molecule has 0 bridgehead atoms. The third-order valence-corrected chi connectivity index (χ3v) is 6.45. The van der Waals surface area contributed by atoms with Crippen molar-refractivity contribution in [3.05, 3.63) is 23.8 Å². The van der Waals surface area contributed by atoms with E-state index in [-0.39, 0.29) is 24.8 Å². The first-order valence-electron chi connectivity index (χ1n) is 10.3. The van der Waals surface area contributed by atoms with Gasteiger partial charge in [-0.25, -0.2) is 0 Å². The van der Waals surface area contributed by atoms with E-state index in [1.807, 2.05) is 0 Å². The van der Waals surface area contributed by atoms with Gasteiger partial charge in [-0.2, -0.15) is 0 Å². The van der Waals surface area contributed by atoms with Crippen LogP contribution in [-0.2, 0) is 0 Å². The highest BCUT2D eigenvalue weighted by Crippen LogP contribution is 2.32. The average molecular weight is 434 g/mol. The van der Waals surface area contributed by atoms with Crippen LogP contribution >= 0.6 is 0 Å². The van der Waals surface area contributed by atoms with Gasteiger partial charge in [-0.05, 0) is 37.1 Å². The topological polar surface area (TPSA) is 29.3 Å². The first-order valence-corrected chi connectivity index (χ1v) is 10.3. The van der Waals surface area contributed by atoms with E-state index < -0.39 is 0 Å². The summed E-state index contributed by atoms with van der Waals surface area (Å²) in [5, 5.41) is 0. The van der Waals surface area contributed by atoms with Crippen molar-refractivity contribution in [2.75, 3.05) is 59.0 Å². The van der Waals surface area contributed by atoms with Crippen LogP contribution in [-0.4, -0.2) is 69.5 Å². The van der Waals surface area contributed by atoms with Crippen LogP contribution in [0.3, 0.4) is 0 Å². The van der Waals surface area contributed by atoms with Crippen LogP contribution in [0.4, 0.5) is 11.4 Å². The Hall–Kier alpha value is -0.680. The molecular formula is C22H42Cl2N4. The number of nitrogen functional groups attached to an aromatic ring is 1. The fourth-order valence-electron chi connectivity index (χ4n) is 4.81. The van der Waals surface area contributed by atoms with Gasteiger partial charge in [-0.3, -0.25) is 8.97 Å². The molecular weight excluding hydrogens is 391 g/mol. The maximum Gasteiger partial charge on any atom is 0.215 e. The first-order chi connectivity index (χ1) is 12.1. The molecule has 28 heavy (non-hydrogen) atoms. The van der Waals surface area contributed by atoms with E-state index >= 15 is 0 Å². The lowest BCUT2D eigenvalue weighted by Crippen LogP contribution is -3.00. The minimum absolute atomic E-state index is 0. The van der Waals surface area contributed by atoms with Crippen molar-refractivity contribution in [1.29, 1.82) is 0 Å². The molecule has 0 radical (unpaired) electrons. The summed E-state index contributed by atoms with van der Waals surface area (Å²) in [6.45, 7) is 6.69. The lowest BCUT2D eigenvalue weighted by Gasteiger charge is -2.48. The maximum atomic E-state index is 6.01. The summed E-state index contributed by atoms with van der Waals surface area (Å²) < 4.78 is 2.14. The maximum absolute atomic E-state index is 6.01. The summed E-state index contributed by atoms with van der Waals surface area (Å²) in [6, 6.07) is 7.16. The van der Waals surface area contributed by atoms with E-state index in [2.05, 4.69) is 72.2 Å². The van der Waals surface area contributed by atoms with Gasteiger partial charge < -0.3 is 35.4 Å². The molecule has 2 N–H and O–H groups in total. The highest BCUT2D eigenvalue weighted by molar-refractivity contribution is 5.58. The molecule has 6 heteroatoms. The van der Waals surface area contributed by atoms with Crippen molar-refractivity contribution in [3.8, 4) is 0 Å². The Bertz CT molecular complexity index is 599. The van der Waals surface area contributed by atoms with Gasteiger partial charge in [0.2, 0.25) is 6.17 Å². The SMILES string of the molecule is CCCCCC([N+](C)(C)C)[N+](C)(C)C1CCN(c2ccc(N)c(C)c2)C1.[Cl-].[Cl-]. The van der Waals surface area contributed by atoms with Crippen molar-refractivity contribution >= 4 is 11.4 Å². The van der Waals surface area contributed by atoms with Crippen LogP contribution in [0, 0.1) is 6.92 Å². The molecule has 1 saturated heterocycles. The summed E-state index contributed by atoms with van der Waals surface area (Å²) in [5.41, 5.74) is 9.41. The van der Waals surface area contributed by atoms with Gasteiger partial charge in [-0.1, -0.05) is 19.8 Å². The summed E-state index contributed by atoms with van der Waals surface area (Å²) >= 11 is 0. The van der Waals surface area contributed by atoms with E-state index in [4.69, 9.17) is 5.73 Å². The molecule has 1 aromatic carbocycles. The second kappa shape index (κ2) is 10.9. The minimum atomic E-state index is 0. The average Bonchev–Trinajstić information content (AvgIpc) is 3.03. The minimum Gasteiger partial charge on any atom is -1.00 e. The Morgan fingerprint density at radius 2 is 1.75 bits per heavy atom. The second-order valence-electron chi connectivity index (χ2n) is 9.65. The van der Waals surface area contributed by atoms with Crippen LogP contribution in [0.5, 0.6) is 0 Å². The second-order valence-corrected chi connectivity index (χ2v) is 9.65. The molecule has 0 amide bonds. The van der Waals surface area contributed by atoms with Crippen LogP contribution < -0.4 is 35.4 Å². The van der Waals surface area contributed by atoms with Gasteiger partial charge >= 0.3 is 0 Å². The van der Waals surface area contributed by atoms with Gasteiger partial charge in [0, 0.05) is 24.3 Å². The lowest BCUT2D eigenvalue weighted by molar-refractivity contribution is -1.11. The fourth-order valence-corrected chi connectivity index (χ4v) is 4.81. The van der Waals surface area contributed by atoms with Crippen molar-refractivity contribution in [3.63, 3.8) is 0 Å². The van der Waals surface area contributed by atoms with Crippen LogP contribution in [0.1, 0.15) is 44.6 Å². The number of nitrogens with two attached hydrogens (primary N) is 1. The zero-order chi connectivity index (χ0) is 19.5. The molecule has 2 unspecified atom stereocenters. The molecule has 1 aliphatic heterocycles. The van der Waals surface area contributed by atoms with Crippen LogP contribution in [0.15, 0.2) is 18.2 Å². The number of halogens is 2. The van der Waals surface area contributed by atoms with Crippen molar-refractivity contribution in [2.24, 2.45) is 0 Å². The molecule has 2 atom stereocenters. The largest absolute Gasteiger partial charge is 1.00 e. The Morgan fingerprint density at radius 1 is 1.11 bits per heavy atom. The van der Waals surface area contributed by atoms with E-state index in [9.17, 15) is 0 Å². The number of anilines is 2. The third kappa shape index (κ3) is 6.41. The Balaban J connectivity index is 0.00000364. The Labute approximate surface area is 186 Å². The summed E-state index contributed by atoms with van der Waals surface area (Å²) in [4.78, 5) is 2.55. The number of aryl methyl sites for hydroxylation is 1. The molecule has 0 aliphatic carbocycles. The van der Waals surface area contributed by atoms with E-state index in [0.29, 0.717) is 12.2 Å². The molecule has 0 saturated carbocycles. The monoisotopic (exact) mass is 432 g/mol. The number of benzene rings is 1. The van der Waals surface area contributed by atoms with Crippen LogP contribution in [0.25, 0.3) is 0 Å². The quantitative estimate of drug-likeness (QED) is 0.219. The molecule has 1 aromatic rings. The molecule has 164 valence electrons. The van der Waals surface area contributed by atoms with Crippen LogP contribution in [0.2, 0.25) is 0 Å². The number of likely N-dealkylation sites (N-methyl/N-ethyl adjacent to an activating group) is 1. The normalized spacial score (nSPS) is 18.4. The number of quaternary nitrogens is 2. The number of rotatable bonds is 8. The molecule has 2 rings (SSSR count). The summed E-state index contributed by atoms with van der Waals surface area (Å²) in [6.07, 6.45) is 7.19. The predicted octanol–water partition coefficient (Wildman–Crippen LogP) is -2.15.